The summed E-state index contributed by atoms with van der Waals surface area (Å²) in [6.07, 6.45) is 6.00. The van der Waals surface area contributed by atoms with Crippen molar-refractivity contribution in [3.05, 3.63) is 39.7 Å². The summed E-state index contributed by atoms with van der Waals surface area (Å²) in [6.45, 7) is 1.54. The van der Waals surface area contributed by atoms with Crippen molar-refractivity contribution in [2.75, 3.05) is 27.7 Å². The number of hydrogen-bond donors (Lipinski definition) is 5. The van der Waals surface area contributed by atoms with Crippen LogP contribution >= 0.6 is 0 Å². The van der Waals surface area contributed by atoms with E-state index >= 15 is 0 Å². The second kappa shape index (κ2) is 9.30. The number of aliphatic hydroxyl groups is 3. The summed E-state index contributed by atoms with van der Waals surface area (Å²) < 4.78 is 5.88. The van der Waals surface area contributed by atoms with Gasteiger partial charge < -0.3 is 30.9 Å². The Hall–Kier alpha value is -3.41. The van der Waals surface area contributed by atoms with E-state index in [1.165, 1.54) is 18.4 Å². The minimum absolute atomic E-state index is 0.0368. The van der Waals surface area contributed by atoms with Crippen LogP contribution in [0.2, 0.25) is 0 Å². The number of hydrogen-bond acceptors (Lipinski definition) is 10. The predicted molar refractivity (Wildman–Crippen MR) is 147 cm³/mol. The average Bonchev–Trinajstić information content (AvgIpc) is 3.67. The van der Waals surface area contributed by atoms with Crippen LogP contribution in [-0.2, 0) is 27.3 Å². The van der Waals surface area contributed by atoms with E-state index in [0.717, 1.165) is 37.8 Å². The Labute approximate surface area is 237 Å². The number of likely N-dealkylation sites (tertiary alicyclic amines) is 1. The van der Waals surface area contributed by atoms with E-state index in [9.17, 15) is 34.8 Å². The minimum Gasteiger partial charge on any atom is -0.508 e. The van der Waals surface area contributed by atoms with Crippen LogP contribution < -0.4 is 10.5 Å². The molecule has 0 aromatic heterocycles. The predicted octanol–water partition coefficient (Wildman–Crippen LogP) is 1.49. The summed E-state index contributed by atoms with van der Waals surface area (Å²) in [7, 11) is 4.69. The number of ether oxygens (including phenoxy) is 1. The van der Waals surface area contributed by atoms with Crippen molar-refractivity contribution < 1.29 is 39.5 Å². The molecule has 220 valence electrons. The first-order valence-corrected chi connectivity index (χ1v) is 14.2. The number of fused-ring (bicyclic) bond motifs is 3. The molecular weight excluding hydrogens is 530 g/mol. The molecule has 4 aliphatic carbocycles. The monoisotopic (exact) mass is 567 g/mol. The first kappa shape index (κ1) is 27.7. The van der Waals surface area contributed by atoms with Crippen LogP contribution in [0, 0.1) is 11.8 Å². The number of aliphatic hydroxyl groups excluding tert-OH is 2. The lowest BCUT2D eigenvalue weighted by Gasteiger charge is -2.50. The lowest BCUT2D eigenvalue weighted by molar-refractivity contribution is -0.153. The number of carbonyl (C=O) groups is 3. The fourth-order valence-electron chi connectivity index (χ4n) is 8.04. The molecule has 5 aliphatic rings. The van der Waals surface area contributed by atoms with Gasteiger partial charge in [-0.1, -0.05) is 6.42 Å². The van der Waals surface area contributed by atoms with Gasteiger partial charge in [0, 0.05) is 34.7 Å². The molecule has 0 radical (unpaired) electrons. The summed E-state index contributed by atoms with van der Waals surface area (Å²) in [4.78, 5) is 43.4. The fourth-order valence-corrected chi connectivity index (χ4v) is 8.04. The zero-order valence-electron chi connectivity index (χ0n) is 23.6. The number of likely N-dealkylation sites (N-methyl/N-ethyl adjacent to an activating group) is 1. The lowest BCUT2D eigenvalue weighted by atomic mass is 9.57. The van der Waals surface area contributed by atoms with Gasteiger partial charge in [0.1, 0.15) is 28.6 Å². The van der Waals surface area contributed by atoms with Crippen molar-refractivity contribution in [3.8, 4) is 11.5 Å². The molecule has 2 saturated carbocycles. The van der Waals surface area contributed by atoms with Crippen molar-refractivity contribution in [1.82, 2.24) is 9.80 Å². The van der Waals surface area contributed by atoms with Gasteiger partial charge in [-0.25, -0.2) is 0 Å². The van der Waals surface area contributed by atoms with Crippen LogP contribution in [-0.4, -0.2) is 92.6 Å². The number of phenols is 1. The van der Waals surface area contributed by atoms with Gasteiger partial charge in [-0.3, -0.25) is 24.2 Å². The molecule has 11 heteroatoms. The van der Waals surface area contributed by atoms with Crippen molar-refractivity contribution in [2.24, 2.45) is 17.6 Å². The number of benzene rings is 1. The van der Waals surface area contributed by atoms with Crippen molar-refractivity contribution in [3.63, 3.8) is 0 Å². The van der Waals surface area contributed by atoms with Gasteiger partial charge in [-0.2, -0.15) is 0 Å². The van der Waals surface area contributed by atoms with E-state index in [0.29, 0.717) is 17.9 Å². The van der Waals surface area contributed by atoms with E-state index in [4.69, 9.17) is 10.5 Å². The number of nitrogens with two attached hydrogens (primary N) is 1. The summed E-state index contributed by atoms with van der Waals surface area (Å²) >= 11 is 0. The number of nitrogens with zero attached hydrogens (tertiary/aromatic N) is 2. The van der Waals surface area contributed by atoms with Gasteiger partial charge in [0.2, 0.25) is 5.78 Å². The second-order valence-corrected chi connectivity index (χ2v) is 12.5. The van der Waals surface area contributed by atoms with Crippen LogP contribution in [0.5, 0.6) is 11.5 Å². The Bertz CT molecular complexity index is 1440. The first-order valence-electron chi connectivity index (χ1n) is 14.2. The van der Waals surface area contributed by atoms with Gasteiger partial charge in [-0.15, -0.1) is 0 Å². The summed E-state index contributed by atoms with van der Waals surface area (Å²) in [5.41, 5.74) is 3.32. The molecule has 1 aliphatic heterocycles. The van der Waals surface area contributed by atoms with E-state index in [1.807, 2.05) is 0 Å². The number of phenolic OH excluding ortho intramolecular Hbond substituents is 1. The Morgan fingerprint density at radius 1 is 1.17 bits per heavy atom. The van der Waals surface area contributed by atoms with Gasteiger partial charge in [0.15, 0.2) is 11.4 Å². The smallest absolute Gasteiger partial charge is 0.255 e. The fraction of sp³-hybridized carbons (Fsp3) is 0.567. The first-order chi connectivity index (χ1) is 19.4. The number of carbonyl (C=O) groups excluding carboxylic acids is 3. The van der Waals surface area contributed by atoms with Crippen LogP contribution in [0.15, 0.2) is 23.0 Å². The van der Waals surface area contributed by atoms with E-state index in [1.54, 1.807) is 20.2 Å². The quantitative estimate of drug-likeness (QED) is 0.328. The number of amides is 1. The molecule has 0 unspecified atom stereocenters. The molecule has 1 aromatic carbocycles. The molecular formula is C30H37N3O8. The molecule has 6 N–H and O–H groups in total. The molecule has 0 bridgehead atoms. The second-order valence-electron chi connectivity index (χ2n) is 12.5. The molecule has 3 fully saturated rings. The maximum Gasteiger partial charge on any atom is 0.255 e. The van der Waals surface area contributed by atoms with Gasteiger partial charge in [0.25, 0.3) is 5.91 Å². The highest BCUT2D eigenvalue weighted by Crippen LogP contribution is 2.55. The normalized spacial score (nSPS) is 30.8. The molecule has 4 atom stereocenters. The third-order valence-electron chi connectivity index (χ3n) is 10.1. The van der Waals surface area contributed by atoms with E-state index in [-0.39, 0.29) is 35.3 Å². The third kappa shape index (κ3) is 3.78. The summed E-state index contributed by atoms with van der Waals surface area (Å²) in [5, 5.41) is 45.4. The topological polar surface area (TPSA) is 174 Å². The van der Waals surface area contributed by atoms with Crippen LogP contribution in [0.25, 0.3) is 5.76 Å². The number of piperidine rings is 1. The van der Waals surface area contributed by atoms with Gasteiger partial charge >= 0.3 is 0 Å². The highest BCUT2D eigenvalue weighted by atomic mass is 16.5. The largest absolute Gasteiger partial charge is 0.508 e. The molecule has 11 nitrogen and oxygen atoms in total. The van der Waals surface area contributed by atoms with Gasteiger partial charge in [-0.05, 0) is 71.1 Å². The van der Waals surface area contributed by atoms with Crippen LogP contribution in [0.3, 0.4) is 0 Å². The lowest BCUT2D eigenvalue weighted by Crippen LogP contribution is -2.65. The molecule has 1 heterocycles. The molecule has 41 heavy (non-hydrogen) atoms. The molecule has 1 spiro atoms. The molecule has 1 saturated heterocycles. The Morgan fingerprint density at radius 2 is 1.88 bits per heavy atom. The number of aromatic hydroxyl groups is 1. The Kier molecular flexibility index (Phi) is 6.29. The highest BCUT2D eigenvalue weighted by Gasteiger charge is 2.64. The van der Waals surface area contributed by atoms with E-state index in [2.05, 4.69) is 4.90 Å². The van der Waals surface area contributed by atoms with Crippen LogP contribution in [0.1, 0.15) is 55.2 Å². The van der Waals surface area contributed by atoms with Crippen molar-refractivity contribution >= 4 is 23.2 Å². The van der Waals surface area contributed by atoms with Gasteiger partial charge in [0.05, 0.1) is 18.7 Å². The maximum absolute atomic E-state index is 14.0. The molecule has 6 rings (SSSR count). The summed E-state index contributed by atoms with van der Waals surface area (Å²) in [6, 6.07) is 0.441. The minimum atomic E-state index is -2.66. The Morgan fingerprint density at radius 3 is 2.49 bits per heavy atom. The van der Waals surface area contributed by atoms with E-state index < -0.39 is 58.0 Å². The van der Waals surface area contributed by atoms with Crippen molar-refractivity contribution in [2.45, 2.75) is 68.7 Å². The standard InChI is InChI=1S/C30H37N3O8/c1-32(2)22-17-11-14-10-16-20(23(35)19(14)26(37)30(17,40)27(38)21(24(22)36)28(31)39)18(34)12-15(25(16)41-3)13-33-9-5-4-6-29(33)7-8-29/h12,14,17,22,34-35,38,40H,4-11,13H2,1-3H3,(H2,31,39)/t14-,17-,22-,30-/m0/s1. The average molecular weight is 568 g/mol. The number of methoxy groups -OCH3 is 1. The summed E-state index contributed by atoms with van der Waals surface area (Å²) in [5.74, 6) is -6.12. The number of Topliss-reactive ketones (excluding diaryl/α,β-unsaturated/α-hetero) is 2. The number of primary amides is 1. The molecule has 1 amide bonds. The van der Waals surface area contributed by atoms with Crippen LogP contribution in [0.4, 0.5) is 0 Å². The maximum atomic E-state index is 14.0. The molecule has 1 aromatic rings. The Balaban J connectivity index is 1.47. The van der Waals surface area contributed by atoms with Crippen molar-refractivity contribution in [1.29, 1.82) is 0 Å². The number of rotatable bonds is 5. The zero-order chi connectivity index (χ0) is 29.6. The highest BCUT2D eigenvalue weighted by molar-refractivity contribution is 6.24. The third-order valence-corrected chi connectivity index (χ3v) is 10.1. The zero-order valence-corrected chi connectivity index (χ0v) is 23.6. The number of ketones is 2. The SMILES string of the molecule is COc1c(CN2CCCCC23CC3)cc(O)c2c1C[C@H]1C[C@H]3[C@H](N(C)C)C(=O)C(C(N)=O)=C(O)[C@@]3(O)C(=O)C1=C2O.